The van der Waals surface area contributed by atoms with Crippen molar-refractivity contribution in [2.45, 2.75) is 52.5 Å². The molecule has 3 heteroatoms. The fourth-order valence-electron chi connectivity index (χ4n) is 2.24. The second-order valence-electron chi connectivity index (χ2n) is 5.53. The number of nitrogens with zero attached hydrogens (tertiary/aromatic N) is 1. The second kappa shape index (κ2) is 6.24. The van der Waals surface area contributed by atoms with Crippen molar-refractivity contribution in [3.63, 3.8) is 0 Å². The van der Waals surface area contributed by atoms with Gasteiger partial charge in [0.05, 0.1) is 0 Å². The number of likely N-dealkylation sites (tertiary alicyclic amines) is 1. The Morgan fingerprint density at radius 3 is 2.69 bits per heavy atom. The van der Waals surface area contributed by atoms with Crippen molar-refractivity contribution in [2.24, 2.45) is 17.6 Å². The Bertz CT molecular complexity index is 226. The van der Waals surface area contributed by atoms with Crippen molar-refractivity contribution in [1.29, 1.82) is 0 Å². The molecule has 94 valence electrons. The standard InChI is InChI=1S/C13H26N2O/c1-10(2)6-7-13(16)15-8-4-5-12(9-15)11(3)14/h10-12H,4-9,14H2,1-3H3. The van der Waals surface area contributed by atoms with E-state index in [-0.39, 0.29) is 6.04 Å². The number of hydrogen-bond acceptors (Lipinski definition) is 2. The van der Waals surface area contributed by atoms with Gasteiger partial charge in [-0.25, -0.2) is 0 Å². The van der Waals surface area contributed by atoms with E-state index in [1.165, 1.54) is 6.42 Å². The van der Waals surface area contributed by atoms with E-state index in [9.17, 15) is 4.79 Å². The Labute approximate surface area is 99.4 Å². The molecule has 1 rings (SSSR count). The highest BCUT2D eigenvalue weighted by Gasteiger charge is 2.25. The third-order valence-corrected chi connectivity index (χ3v) is 3.49. The molecule has 1 aliphatic heterocycles. The minimum Gasteiger partial charge on any atom is -0.342 e. The quantitative estimate of drug-likeness (QED) is 0.797. The maximum atomic E-state index is 12.0. The van der Waals surface area contributed by atoms with Gasteiger partial charge in [-0.3, -0.25) is 4.79 Å². The number of carbonyl (C=O) groups is 1. The Morgan fingerprint density at radius 1 is 1.44 bits per heavy atom. The van der Waals surface area contributed by atoms with Crippen molar-refractivity contribution in [2.75, 3.05) is 13.1 Å². The van der Waals surface area contributed by atoms with Crippen LogP contribution in [0.25, 0.3) is 0 Å². The van der Waals surface area contributed by atoms with Crippen LogP contribution in [0.2, 0.25) is 0 Å². The lowest BCUT2D eigenvalue weighted by Gasteiger charge is -2.34. The summed E-state index contributed by atoms with van der Waals surface area (Å²) in [7, 11) is 0. The van der Waals surface area contributed by atoms with E-state index < -0.39 is 0 Å². The Balaban J connectivity index is 2.38. The van der Waals surface area contributed by atoms with Crippen LogP contribution >= 0.6 is 0 Å². The van der Waals surface area contributed by atoms with Crippen LogP contribution < -0.4 is 5.73 Å². The monoisotopic (exact) mass is 226 g/mol. The van der Waals surface area contributed by atoms with Gasteiger partial charge in [0.1, 0.15) is 0 Å². The first-order chi connectivity index (χ1) is 7.50. The van der Waals surface area contributed by atoms with E-state index in [2.05, 4.69) is 13.8 Å². The van der Waals surface area contributed by atoms with Crippen LogP contribution in [-0.2, 0) is 4.79 Å². The molecule has 1 heterocycles. The average molecular weight is 226 g/mol. The highest BCUT2D eigenvalue weighted by molar-refractivity contribution is 5.76. The van der Waals surface area contributed by atoms with Crippen molar-refractivity contribution < 1.29 is 4.79 Å². The third-order valence-electron chi connectivity index (χ3n) is 3.49. The molecule has 0 bridgehead atoms. The molecule has 1 saturated heterocycles. The van der Waals surface area contributed by atoms with Crippen molar-refractivity contribution in [1.82, 2.24) is 4.90 Å². The highest BCUT2D eigenvalue weighted by Crippen LogP contribution is 2.20. The molecule has 1 amide bonds. The first-order valence-electron chi connectivity index (χ1n) is 6.54. The van der Waals surface area contributed by atoms with E-state index in [1.54, 1.807) is 0 Å². The molecule has 2 unspecified atom stereocenters. The topological polar surface area (TPSA) is 46.3 Å². The fraction of sp³-hybridized carbons (Fsp3) is 0.923. The molecule has 0 spiro atoms. The summed E-state index contributed by atoms with van der Waals surface area (Å²) in [6.07, 6.45) is 3.98. The molecular weight excluding hydrogens is 200 g/mol. The molecule has 1 fully saturated rings. The summed E-state index contributed by atoms with van der Waals surface area (Å²) < 4.78 is 0. The van der Waals surface area contributed by atoms with Crippen LogP contribution in [0.5, 0.6) is 0 Å². The van der Waals surface area contributed by atoms with Crippen LogP contribution in [0.3, 0.4) is 0 Å². The van der Waals surface area contributed by atoms with Crippen LogP contribution in [0, 0.1) is 11.8 Å². The van der Waals surface area contributed by atoms with E-state index in [1.807, 2.05) is 11.8 Å². The summed E-state index contributed by atoms with van der Waals surface area (Å²) in [4.78, 5) is 14.0. The van der Waals surface area contributed by atoms with Gasteiger partial charge in [0, 0.05) is 25.6 Å². The van der Waals surface area contributed by atoms with Crippen LogP contribution in [0.15, 0.2) is 0 Å². The van der Waals surface area contributed by atoms with Gasteiger partial charge in [-0.2, -0.15) is 0 Å². The number of piperidine rings is 1. The SMILES string of the molecule is CC(C)CCC(=O)N1CCCC(C(C)N)C1. The molecule has 0 aromatic heterocycles. The normalized spacial score (nSPS) is 23.6. The fourth-order valence-corrected chi connectivity index (χ4v) is 2.24. The molecule has 2 N–H and O–H groups in total. The van der Waals surface area contributed by atoms with Gasteiger partial charge in [-0.05, 0) is 38.0 Å². The number of carbonyl (C=O) groups excluding carboxylic acids is 1. The molecule has 0 aromatic carbocycles. The van der Waals surface area contributed by atoms with Gasteiger partial charge >= 0.3 is 0 Å². The van der Waals surface area contributed by atoms with E-state index in [4.69, 9.17) is 5.73 Å². The first kappa shape index (κ1) is 13.5. The maximum absolute atomic E-state index is 12.0. The van der Waals surface area contributed by atoms with Gasteiger partial charge in [-0.15, -0.1) is 0 Å². The lowest BCUT2D eigenvalue weighted by atomic mass is 9.92. The molecule has 0 saturated carbocycles. The summed E-state index contributed by atoms with van der Waals surface area (Å²) >= 11 is 0. The predicted molar refractivity (Wildman–Crippen MR) is 67.0 cm³/mol. The molecule has 16 heavy (non-hydrogen) atoms. The summed E-state index contributed by atoms with van der Waals surface area (Å²) in [5.41, 5.74) is 5.91. The number of rotatable bonds is 4. The maximum Gasteiger partial charge on any atom is 0.222 e. The molecular formula is C13H26N2O. The number of nitrogens with two attached hydrogens (primary N) is 1. The summed E-state index contributed by atoms with van der Waals surface area (Å²) in [5.74, 6) is 1.42. The molecule has 2 atom stereocenters. The highest BCUT2D eigenvalue weighted by atomic mass is 16.2. The Morgan fingerprint density at radius 2 is 2.12 bits per heavy atom. The lowest BCUT2D eigenvalue weighted by Crippen LogP contribution is -2.45. The molecule has 0 radical (unpaired) electrons. The van der Waals surface area contributed by atoms with Crippen LogP contribution in [0.1, 0.15) is 46.5 Å². The Hall–Kier alpha value is -0.570. The molecule has 3 nitrogen and oxygen atoms in total. The first-order valence-corrected chi connectivity index (χ1v) is 6.54. The minimum atomic E-state index is 0.209. The lowest BCUT2D eigenvalue weighted by molar-refractivity contribution is -0.133. The minimum absolute atomic E-state index is 0.209. The molecule has 0 aromatic rings. The van der Waals surface area contributed by atoms with Gasteiger partial charge in [0.15, 0.2) is 0 Å². The summed E-state index contributed by atoms with van der Waals surface area (Å²) in [5, 5.41) is 0. The molecule has 1 aliphatic rings. The van der Waals surface area contributed by atoms with E-state index in [0.29, 0.717) is 24.2 Å². The average Bonchev–Trinajstić information content (AvgIpc) is 2.26. The second-order valence-corrected chi connectivity index (χ2v) is 5.53. The predicted octanol–water partition coefficient (Wildman–Crippen LogP) is 2.01. The van der Waals surface area contributed by atoms with E-state index >= 15 is 0 Å². The van der Waals surface area contributed by atoms with Gasteiger partial charge < -0.3 is 10.6 Å². The number of hydrogen-bond donors (Lipinski definition) is 1. The van der Waals surface area contributed by atoms with Crippen LogP contribution in [0.4, 0.5) is 0 Å². The summed E-state index contributed by atoms with van der Waals surface area (Å²) in [6.45, 7) is 8.17. The molecule has 0 aliphatic carbocycles. The van der Waals surface area contributed by atoms with Crippen molar-refractivity contribution in [3.8, 4) is 0 Å². The third kappa shape index (κ3) is 4.12. The van der Waals surface area contributed by atoms with E-state index in [0.717, 1.165) is 25.9 Å². The van der Waals surface area contributed by atoms with Crippen LogP contribution in [-0.4, -0.2) is 29.9 Å². The smallest absolute Gasteiger partial charge is 0.222 e. The van der Waals surface area contributed by atoms with Crippen molar-refractivity contribution >= 4 is 5.91 Å². The zero-order valence-corrected chi connectivity index (χ0v) is 10.9. The van der Waals surface area contributed by atoms with Gasteiger partial charge in [0.25, 0.3) is 0 Å². The van der Waals surface area contributed by atoms with Crippen molar-refractivity contribution in [3.05, 3.63) is 0 Å². The zero-order chi connectivity index (χ0) is 12.1. The van der Waals surface area contributed by atoms with Gasteiger partial charge in [0.2, 0.25) is 5.91 Å². The zero-order valence-electron chi connectivity index (χ0n) is 10.9. The Kier molecular flexibility index (Phi) is 5.26. The van der Waals surface area contributed by atoms with Gasteiger partial charge in [-0.1, -0.05) is 13.8 Å². The summed E-state index contributed by atoms with van der Waals surface area (Å²) in [6, 6.07) is 0.209. The largest absolute Gasteiger partial charge is 0.342 e. The number of amides is 1.